The van der Waals surface area contributed by atoms with E-state index in [1.165, 1.54) is 0 Å². The quantitative estimate of drug-likeness (QED) is 0.361. The lowest BCUT2D eigenvalue weighted by Crippen LogP contribution is -2.56. The summed E-state index contributed by atoms with van der Waals surface area (Å²) in [5.41, 5.74) is 1.55. The van der Waals surface area contributed by atoms with Crippen LogP contribution in [0.1, 0.15) is 39.5 Å². The number of amides is 2. The van der Waals surface area contributed by atoms with E-state index in [1.807, 2.05) is 24.3 Å². The van der Waals surface area contributed by atoms with Gasteiger partial charge in [0.05, 0.1) is 28.7 Å². The summed E-state index contributed by atoms with van der Waals surface area (Å²) in [7, 11) is 0. The third-order valence-electron chi connectivity index (χ3n) is 7.93. The summed E-state index contributed by atoms with van der Waals surface area (Å²) in [5.74, 6) is -1.72. The lowest BCUT2D eigenvalue weighted by Gasteiger charge is -2.38. The molecule has 5 rings (SSSR count). The van der Waals surface area contributed by atoms with Crippen LogP contribution in [0.15, 0.2) is 24.3 Å². The van der Waals surface area contributed by atoms with Gasteiger partial charge >= 0.3 is 5.97 Å². The number of esters is 1. The van der Waals surface area contributed by atoms with Crippen molar-refractivity contribution in [2.75, 3.05) is 19.8 Å². The molecule has 3 fully saturated rings. The maximum atomic E-state index is 13.9. The van der Waals surface area contributed by atoms with Crippen molar-refractivity contribution in [3.8, 4) is 0 Å². The minimum absolute atomic E-state index is 0.0286. The Morgan fingerprint density at radius 3 is 2.86 bits per heavy atom. The number of carbonyl (C=O) groups excluding carboxylic acids is 3. The molecule has 2 N–H and O–H groups in total. The van der Waals surface area contributed by atoms with Gasteiger partial charge in [0.1, 0.15) is 18.2 Å². The molecule has 10 nitrogen and oxygen atoms in total. The Morgan fingerprint density at radius 2 is 2.08 bits per heavy atom. The molecule has 4 heterocycles. The number of hydrogen-bond donors (Lipinski definition) is 2. The van der Waals surface area contributed by atoms with Crippen LogP contribution in [0.2, 0.25) is 0 Å². The molecule has 2 amide bonds. The number of benzene rings is 1. The summed E-state index contributed by atoms with van der Waals surface area (Å²) in [4.78, 5) is 42.4. The number of aliphatic hydroxyl groups is 1. The minimum Gasteiger partial charge on any atom is -0.466 e. The van der Waals surface area contributed by atoms with Crippen LogP contribution in [0.25, 0.3) is 11.0 Å². The van der Waals surface area contributed by atoms with Crippen molar-refractivity contribution in [3.05, 3.63) is 24.3 Å². The Hall–Kier alpha value is -2.66. The number of para-hydroxylation sites is 1. The smallest absolute Gasteiger partial charge is 0.310 e. The molecule has 3 saturated heterocycles. The molecule has 1 aromatic carbocycles. The highest BCUT2D eigenvalue weighted by Gasteiger charge is 2.76. The highest BCUT2D eigenvalue weighted by atomic mass is 32.2. The predicted octanol–water partition coefficient (Wildman–Crippen LogP) is 1.57. The van der Waals surface area contributed by atoms with Gasteiger partial charge in [-0.05, 0) is 50.7 Å². The van der Waals surface area contributed by atoms with E-state index in [0.29, 0.717) is 19.4 Å². The number of unbranched alkanes of at least 4 members (excludes halogenated alkanes) is 2. The topological polar surface area (TPSA) is 127 Å². The SMILES string of the molecule is CCOC(=O)[C@@H]1[C@@H]2CC(C)C3(S2)C(C(=O)NCn2nnc4ccccc42)N(CCCCCO)C(=O)[C@H]13. The minimum atomic E-state index is -0.691. The molecule has 1 spiro atoms. The number of hydrogen-bond acceptors (Lipinski definition) is 8. The average molecular weight is 516 g/mol. The van der Waals surface area contributed by atoms with E-state index in [-0.39, 0.29) is 48.8 Å². The second-order valence-electron chi connectivity index (χ2n) is 9.90. The molecule has 3 unspecified atom stereocenters. The third kappa shape index (κ3) is 3.87. The van der Waals surface area contributed by atoms with Crippen LogP contribution < -0.4 is 5.32 Å². The Kier molecular flexibility index (Phi) is 6.95. The first-order chi connectivity index (χ1) is 17.4. The summed E-state index contributed by atoms with van der Waals surface area (Å²) in [6, 6.07) is 6.83. The molecule has 1 aromatic heterocycles. The number of aliphatic hydroxyl groups excluding tert-OH is 1. The number of nitrogens with zero attached hydrogens (tertiary/aromatic N) is 4. The van der Waals surface area contributed by atoms with Gasteiger partial charge in [-0.1, -0.05) is 24.3 Å². The summed E-state index contributed by atoms with van der Waals surface area (Å²) >= 11 is 1.63. The van der Waals surface area contributed by atoms with Gasteiger partial charge in [0.25, 0.3) is 0 Å². The molecule has 194 valence electrons. The predicted molar refractivity (Wildman–Crippen MR) is 134 cm³/mol. The Morgan fingerprint density at radius 1 is 1.28 bits per heavy atom. The summed E-state index contributed by atoms with van der Waals surface area (Å²) in [6.45, 7) is 4.76. The van der Waals surface area contributed by atoms with Gasteiger partial charge in [-0.15, -0.1) is 16.9 Å². The summed E-state index contributed by atoms with van der Waals surface area (Å²) < 4.78 is 6.34. The monoisotopic (exact) mass is 515 g/mol. The van der Waals surface area contributed by atoms with Crippen LogP contribution in [-0.4, -0.2) is 78.6 Å². The number of rotatable bonds is 10. The van der Waals surface area contributed by atoms with Gasteiger partial charge < -0.3 is 20.1 Å². The maximum absolute atomic E-state index is 13.9. The van der Waals surface area contributed by atoms with Gasteiger partial charge in [-0.25, -0.2) is 4.68 Å². The Balaban J connectivity index is 1.43. The van der Waals surface area contributed by atoms with Crippen molar-refractivity contribution in [2.24, 2.45) is 17.8 Å². The average Bonchev–Trinajstić information content (AvgIpc) is 3.58. The van der Waals surface area contributed by atoms with E-state index < -0.39 is 22.6 Å². The number of nitrogens with one attached hydrogen (secondary N) is 1. The van der Waals surface area contributed by atoms with Crippen LogP contribution in [0.3, 0.4) is 0 Å². The van der Waals surface area contributed by atoms with Crippen molar-refractivity contribution < 1.29 is 24.2 Å². The molecular weight excluding hydrogens is 482 g/mol. The van der Waals surface area contributed by atoms with Crippen LogP contribution in [0.5, 0.6) is 0 Å². The lowest BCUT2D eigenvalue weighted by atomic mass is 9.66. The molecule has 2 bridgehead atoms. The van der Waals surface area contributed by atoms with Crippen molar-refractivity contribution in [2.45, 2.75) is 62.2 Å². The van der Waals surface area contributed by atoms with Crippen LogP contribution in [0.4, 0.5) is 0 Å². The first-order valence-electron chi connectivity index (χ1n) is 12.8. The standard InChI is InChI=1S/C25H33N5O5S/c1-3-35-24(34)19-18-13-15(2)25(36-18)20(19)23(33)29(11-7-4-8-12-31)21(25)22(32)26-14-30-17-10-6-5-9-16(17)27-28-30/h5-6,9-10,15,18-21,31H,3-4,7-8,11-14H2,1-2H3,(H,26,32)/t15?,18-,19+,20-,21?,25?/m0/s1. The van der Waals surface area contributed by atoms with Crippen LogP contribution in [-0.2, 0) is 25.8 Å². The van der Waals surface area contributed by atoms with E-state index in [4.69, 9.17) is 4.74 Å². The largest absolute Gasteiger partial charge is 0.466 e. The molecule has 36 heavy (non-hydrogen) atoms. The Labute approximate surface area is 214 Å². The van der Waals surface area contributed by atoms with Crippen molar-refractivity contribution in [1.29, 1.82) is 0 Å². The molecule has 3 aliphatic rings. The number of thioether (sulfide) groups is 1. The number of aromatic nitrogens is 3. The van der Waals surface area contributed by atoms with Crippen molar-refractivity contribution in [1.82, 2.24) is 25.2 Å². The normalized spacial score (nSPS) is 30.7. The summed E-state index contributed by atoms with van der Waals surface area (Å²) in [6.07, 6.45) is 2.85. The maximum Gasteiger partial charge on any atom is 0.310 e. The van der Waals surface area contributed by atoms with Gasteiger partial charge in [0.15, 0.2) is 0 Å². The Bertz CT molecular complexity index is 1160. The highest BCUT2D eigenvalue weighted by molar-refractivity contribution is 8.02. The van der Waals surface area contributed by atoms with E-state index in [2.05, 4.69) is 22.6 Å². The van der Waals surface area contributed by atoms with E-state index >= 15 is 0 Å². The first-order valence-corrected chi connectivity index (χ1v) is 13.6. The second kappa shape index (κ2) is 10.0. The van der Waals surface area contributed by atoms with Crippen molar-refractivity contribution in [3.63, 3.8) is 0 Å². The highest BCUT2D eigenvalue weighted by Crippen LogP contribution is 2.68. The fraction of sp³-hybridized carbons (Fsp3) is 0.640. The fourth-order valence-electron chi connectivity index (χ4n) is 6.42. The van der Waals surface area contributed by atoms with Crippen molar-refractivity contribution >= 4 is 40.6 Å². The number of ether oxygens (including phenoxy) is 1. The zero-order valence-electron chi connectivity index (χ0n) is 20.6. The van der Waals surface area contributed by atoms with E-state index in [0.717, 1.165) is 23.9 Å². The molecule has 0 radical (unpaired) electrons. The third-order valence-corrected chi connectivity index (χ3v) is 10.0. The van der Waals surface area contributed by atoms with Gasteiger partial charge in [-0.3, -0.25) is 14.4 Å². The molecule has 0 saturated carbocycles. The molecular formula is C25H33N5O5S. The van der Waals surface area contributed by atoms with Crippen LogP contribution in [0, 0.1) is 17.8 Å². The van der Waals surface area contributed by atoms with Gasteiger partial charge in [0, 0.05) is 18.4 Å². The van der Waals surface area contributed by atoms with E-state index in [9.17, 15) is 19.5 Å². The fourth-order valence-corrected chi connectivity index (χ4v) is 8.83. The van der Waals surface area contributed by atoms with Crippen LogP contribution >= 0.6 is 11.8 Å². The second-order valence-corrected chi connectivity index (χ2v) is 11.4. The number of likely N-dealkylation sites (tertiary alicyclic amines) is 1. The number of carbonyl (C=O) groups is 3. The van der Waals surface area contributed by atoms with Gasteiger partial charge in [-0.2, -0.15) is 0 Å². The molecule has 11 heteroatoms. The lowest BCUT2D eigenvalue weighted by molar-refractivity contribution is -0.154. The number of fused-ring (bicyclic) bond motifs is 2. The summed E-state index contributed by atoms with van der Waals surface area (Å²) in [5, 5.41) is 20.5. The molecule has 0 aliphatic carbocycles. The van der Waals surface area contributed by atoms with Gasteiger partial charge in [0.2, 0.25) is 11.8 Å². The molecule has 2 aromatic rings. The van der Waals surface area contributed by atoms with E-state index in [1.54, 1.807) is 28.3 Å². The zero-order chi connectivity index (χ0) is 25.4. The molecule has 6 atom stereocenters. The zero-order valence-corrected chi connectivity index (χ0v) is 21.4. The first kappa shape index (κ1) is 25.0. The molecule has 3 aliphatic heterocycles.